The molecule has 4 aromatic rings. The third kappa shape index (κ3) is 5.96. The molecule has 0 aromatic heterocycles. The molecule has 4 aromatic carbocycles. The fourth-order valence-corrected chi connectivity index (χ4v) is 3.23. The maximum Gasteiger partial charge on any atom is 0.123 e. The summed E-state index contributed by atoms with van der Waals surface area (Å²) in [6, 6.07) is 31.9. The average Bonchev–Trinajstić information content (AvgIpc) is 2.84. The molecule has 0 heterocycles. The van der Waals surface area contributed by atoms with Crippen LogP contribution in [0.5, 0.6) is 11.5 Å². The molecule has 0 unspecified atom stereocenters. The van der Waals surface area contributed by atoms with Crippen LogP contribution in [-0.2, 0) is 19.6 Å². The Kier molecular flexibility index (Phi) is 6.79. The minimum Gasteiger partial charge on any atom is -0.489 e. The summed E-state index contributed by atoms with van der Waals surface area (Å²) in [5, 5.41) is 8.85. The number of hydrogen-bond acceptors (Lipinski definition) is 3. The van der Waals surface area contributed by atoms with Crippen LogP contribution in [-0.4, -0.2) is 0 Å². The van der Waals surface area contributed by atoms with Gasteiger partial charge in [0, 0.05) is 0 Å². The Morgan fingerprint density at radius 2 is 0.969 bits per heavy atom. The lowest BCUT2D eigenvalue weighted by Crippen LogP contribution is -1.97. The number of hydrogen-bond donors (Lipinski definition) is 0. The van der Waals surface area contributed by atoms with Crippen molar-refractivity contribution in [3.05, 3.63) is 131 Å². The van der Waals surface area contributed by atoms with Crippen LogP contribution < -0.4 is 9.47 Å². The number of halogens is 1. The summed E-state index contributed by atoms with van der Waals surface area (Å²) < 4.78 is 24.4. The second-order valence-corrected chi connectivity index (χ2v) is 7.48. The zero-order chi connectivity index (χ0) is 22.2. The van der Waals surface area contributed by atoms with Crippen LogP contribution in [0, 0.1) is 17.1 Å². The molecular formula is C28H22FNO2. The summed E-state index contributed by atoms with van der Waals surface area (Å²) in [5.74, 6) is 1.13. The molecule has 0 bridgehead atoms. The molecule has 32 heavy (non-hydrogen) atoms. The maximum absolute atomic E-state index is 13.0. The smallest absolute Gasteiger partial charge is 0.123 e. The van der Waals surface area contributed by atoms with Crippen molar-refractivity contribution in [3.63, 3.8) is 0 Å². The van der Waals surface area contributed by atoms with Gasteiger partial charge in [0.1, 0.15) is 30.5 Å². The predicted octanol–water partition coefficient (Wildman–Crippen LogP) is 6.45. The van der Waals surface area contributed by atoms with Crippen LogP contribution in [0.2, 0.25) is 0 Å². The minimum absolute atomic E-state index is 0.270. The highest BCUT2D eigenvalue weighted by Gasteiger charge is 2.02. The van der Waals surface area contributed by atoms with Gasteiger partial charge >= 0.3 is 0 Å². The monoisotopic (exact) mass is 423 g/mol. The second kappa shape index (κ2) is 10.3. The first-order valence-electron chi connectivity index (χ1n) is 10.3. The Morgan fingerprint density at radius 1 is 0.562 bits per heavy atom. The summed E-state index contributed by atoms with van der Waals surface area (Å²) in [6.45, 7) is 0.925. The van der Waals surface area contributed by atoms with Crippen molar-refractivity contribution in [1.82, 2.24) is 0 Å². The van der Waals surface area contributed by atoms with Crippen LogP contribution in [0.15, 0.2) is 97.1 Å². The molecule has 0 fully saturated rings. The molecule has 0 amide bonds. The van der Waals surface area contributed by atoms with E-state index in [1.165, 1.54) is 23.3 Å². The zero-order valence-electron chi connectivity index (χ0n) is 17.5. The van der Waals surface area contributed by atoms with Crippen LogP contribution in [0.3, 0.4) is 0 Å². The van der Waals surface area contributed by atoms with E-state index in [0.29, 0.717) is 24.5 Å². The van der Waals surface area contributed by atoms with E-state index in [2.05, 4.69) is 54.6 Å². The molecule has 0 N–H and O–H groups in total. The highest BCUT2D eigenvalue weighted by Crippen LogP contribution is 2.17. The van der Waals surface area contributed by atoms with Crippen molar-refractivity contribution >= 4 is 0 Å². The van der Waals surface area contributed by atoms with Crippen molar-refractivity contribution < 1.29 is 13.9 Å². The quantitative estimate of drug-likeness (QED) is 0.327. The minimum atomic E-state index is -0.270. The molecule has 0 spiro atoms. The number of ether oxygens (including phenoxy) is 2. The SMILES string of the molecule is N#Cc1ccc(OCc2ccc(Cc3ccc(COc4ccc(F)cc4)cc3)cc2)cc1. The lowest BCUT2D eigenvalue weighted by Gasteiger charge is -2.09. The van der Waals surface area contributed by atoms with Crippen LogP contribution >= 0.6 is 0 Å². The Balaban J connectivity index is 1.27. The molecule has 3 nitrogen and oxygen atoms in total. The van der Waals surface area contributed by atoms with Crippen molar-refractivity contribution in [1.29, 1.82) is 5.26 Å². The number of nitrogens with zero attached hydrogens (tertiary/aromatic N) is 1. The van der Waals surface area contributed by atoms with Gasteiger partial charge in [0.15, 0.2) is 0 Å². The van der Waals surface area contributed by atoms with Gasteiger partial charge in [0.05, 0.1) is 11.6 Å². The van der Waals surface area contributed by atoms with Gasteiger partial charge in [0.25, 0.3) is 0 Å². The van der Waals surface area contributed by atoms with Crippen LogP contribution in [0.1, 0.15) is 27.8 Å². The third-order valence-electron chi connectivity index (χ3n) is 5.06. The van der Waals surface area contributed by atoms with Gasteiger partial charge < -0.3 is 9.47 Å². The van der Waals surface area contributed by atoms with Gasteiger partial charge in [-0.05, 0) is 77.2 Å². The Hall–Kier alpha value is -4.10. The zero-order valence-corrected chi connectivity index (χ0v) is 17.5. The lowest BCUT2D eigenvalue weighted by molar-refractivity contribution is 0.305. The molecule has 0 aliphatic rings. The molecular weight excluding hydrogens is 401 g/mol. The molecule has 0 radical (unpaired) electrons. The largest absolute Gasteiger partial charge is 0.489 e. The first kappa shape index (κ1) is 21.1. The summed E-state index contributed by atoms with van der Waals surface area (Å²) in [5.41, 5.74) is 5.22. The van der Waals surface area contributed by atoms with E-state index >= 15 is 0 Å². The fourth-order valence-electron chi connectivity index (χ4n) is 3.23. The van der Waals surface area contributed by atoms with Gasteiger partial charge in [-0.2, -0.15) is 5.26 Å². The Labute approximate surface area is 187 Å². The van der Waals surface area contributed by atoms with E-state index < -0.39 is 0 Å². The Bertz CT molecular complexity index is 1180. The topological polar surface area (TPSA) is 42.2 Å². The number of nitriles is 1. The molecule has 0 saturated carbocycles. The third-order valence-corrected chi connectivity index (χ3v) is 5.06. The molecule has 4 heteroatoms. The first-order chi connectivity index (χ1) is 15.7. The molecule has 0 saturated heterocycles. The standard InChI is InChI=1S/C28H22FNO2/c29-26-11-15-28(16-12-26)32-20-25-7-3-22(4-8-25)17-21-1-5-24(6-2-21)19-31-27-13-9-23(18-30)10-14-27/h1-16H,17,19-20H2. The molecule has 158 valence electrons. The number of benzene rings is 4. The van der Waals surface area contributed by atoms with Crippen LogP contribution in [0.25, 0.3) is 0 Å². The molecule has 0 aliphatic carbocycles. The highest BCUT2D eigenvalue weighted by atomic mass is 19.1. The van der Waals surface area contributed by atoms with E-state index in [1.54, 1.807) is 36.4 Å². The van der Waals surface area contributed by atoms with Gasteiger partial charge in [-0.1, -0.05) is 48.5 Å². The summed E-state index contributed by atoms with van der Waals surface area (Å²) >= 11 is 0. The first-order valence-corrected chi connectivity index (χ1v) is 10.3. The summed E-state index contributed by atoms with van der Waals surface area (Å²) in [7, 11) is 0. The van der Waals surface area contributed by atoms with Crippen molar-refractivity contribution in [2.24, 2.45) is 0 Å². The predicted molar refractivity (Wildman–Crippen MR) is 122 cm³/mol. The van der Waals surface area contributed by atoms with E-state index in [0.717, 1.165) is 23.3 Å². The van der Waals surface area contributed by atoms with E-state index in [1.807, 2.05) is 0 Å². The summed E-state index contributed by atoms with van der Waals surface area (Å²) in [6.07, 6.45) is 0.843. The Morgan fingerprint density at radius 3 is 1.41 bits per heavy atom. The normalized spacial score (nSPS) is 10.4. The molecule has 4 rings (SSSR count). The van der Waals surface area contributed by atoms with Gasteiger partial charge in [-0.3, -0.25) is 0 Å². The van der Waals surface area contributed by atoms with Gasteiger partial charge in [-0.15, -0.1) is 0 Å². The van der Waals surface area contributed by atoms with Gasteiger partial charge in [-0.25, -0.2) is 4.39 Å². The fraction of sp³-hybridized carbons (Fsp3) is 0.107. The lowest BCUT2D eigenvalue weighted by atomic mass is 10.0. The highest BCUT2D eigenvalue weighted by molar-refractivity contribution is 5.35. The van der Waals surface area contributed by atoms with Crippen molar-refractivity contribution in [3.8, 4) is 17.6 Å². The van der Waals surface area contributed by atoms with Crippen molar-refractivity contribution in [2.45, 2.75) is 19.6 Å². The maximum atomic E-state index is 13.0. The average molecular weight is 423 g/mol. The van der Waals surface area contributed by atoms with E-state index in [-0.39, 0.29) is 5.82 Å². The molecule has 0 aliphatic heterocycles. The number of rotatable bonds is 8. The summed E-state index contributed by atoms with van der Waals surface area (Å²) in [4.78, 5) is 0. The van der Waals surface area contributed by atoms with Crippen molar-refractivity contribution in [2.75, 3.05) is 0 Å². The van der Waals surface area contributed by atoms with Gasteiger partial charge in [0.2, 0.25) is 0 Å². The molecule has 0 atom stereocenters. The van der Waals surface area contributed by atoms with Crippen LogP contribution in [0.4, 0.5) is 4.39 Å². The van der Waals surface area contributed by atoms with E-state index in [9.17, 15) is 4.39 Å². The van der Waals surface area contributed by atoms with E-state index in [4.69, 9.17) is 14.7 Å². The second-order valence-electron chi connectivity index (χ2n) is 7.48.